The molecule has 1 aromatic heterocycles. The molecule has 0 bridgehead atoms. The molecule has 170 valence electrons. The Bertz CT molecular complexity index is 1140. The molecule has 1 aliphatic rings. The van der Waals surface area contributed by atoms with Gasteiger partial charge in [0.15, 0.2) is 24.0 Å². The van der Waals surface area contributed by atoms with E-state index < -0.39 is 5.82 Å². The third-order valence-electron chi connectivity index (χ3n) is 5.60. The van der Waals surface area contributed by atoms with Crippen molar-refractivity contribution in [1.29, 1.82) is 0 Å². The maximum atomic E-state index is 13.8. The first-order valence-electron chi connectivity index (χ1n) is 10.9. The quantitative estimate of drug-likeness (QED) is 0.597. The van der Waals surface area contributed by atoms with Crippen LogP contribution < -0.4 is 10.1 Å². The van der Waals surface area contributed by atoms with Crippen LogP contribution in [-0.2, 0) is 11.3 Å². The molecule has 2 amide bonds. The van der Waals surface area contributed by atoms with Crippen molar-refractivity contribution in [2.24, 2.45) is 0 Å². The number of rotatable bonds is 7. The number of nitrogens with one attached hydrogen (secondary N) is 1. The molecule has 1 aliphatic heterocycles. The van der Waals surface area contributed by atoms with Crippen LogP contribution in [0.15, 0.2) is 60.8 Å². The summed E-state index contributed by atoms with van der Waals surface area (Å²) in [7, 11) is 0. The lowest BCUT2D eigenvalue weighted by Gasteiger charge is -2.24. The molecule has 0 saturated carbocycles. The Kier molecular flexibility index (Phi) is 6.92. The molecule has 4 rings (SSSR count). The molecule has 2 heterocycles. The van der Waals surface area contributed by atoms with Crippen LogP contribution in [0, 0.1) is 12.7 Å². The molecule has 8 heteroatoms. The van der Waals surface area contributed by atoms with Crippen LogP contribution in [0.25, 0.3) is 0 Å². The number of aromatic nitrogens is 2. The molecular formula is C25H25FN4O3. The van der Waals surface area contributed by atoms with E-state index in [0.717, 1.165) is 12.0 Å². The van der Waals surface area contributed by atoms with Gasteiger partial charge in [-0.1, -0.05) is 42.5 Å². The molecule has 0 radical (unpaired) electrons. The highest BCUT2D eigenvalue weighted by Gasteiger charge is 2.32. The number of halogens is 1. The number of carbonyl (C=O) groups is 2. The number of amides is 2. The lowest BCUT2D eigenvalue weighted by molar-refractivity contribution is -0.134. The molecule has 1 fully saturated rings. The van der Waals surface area contributed by atoms with Gasteiger partial charge in [0.05, 0.1) is 17.3 Å². The molecule has 7 nitrogen and oxygen atoms in total. The normalized spacial score (nSPS) is 15.3. The number of nitrogens with zero attached hydrogens (tertiary/aromatic N) is 3. The predicted octanol–water partition coefficient (Wildman–Crippen LogP) is 3.60. The summed E-state index contributed by atoms with van der Waals surface area (Å²) in [5.74, 6) is -0.487. The molecule has 0 unspecified atom stereocenters. The zero-order chi connectivity index (χ0) is 23.2. The van der Waals surface area contributed by atoms with Gasteiger partial charge < -0.3 is 15.0 Å². The summed E-state index contributed by atoms with van der Waals surface area (Å²) in [6, 6.07) is 15.3. The van der Waals surface area contributed by atoms with Gasteiger partial charge >= 0.3 is 0 Å². The van der Waals surface area contributed by atoms with Crippen LogP contribution in [0.5, 0.6) is 5.75 Å². The standard InChI is InChI=1S/C25H25FN4O3/c1-17-19(25(32)28-14-18-8-3-2-4-9-18)15-27-24(29-17)21-11-7-13-30(21)23(31)16-33-22-12-6-5-10-20(22)26/h2-6,8-10,12,15,21H,7,11,13-14,16H2,1H3,(H,28,32)/t21-/m0/s1. The second kappa shape index (κ2) is 10.2. The molecular weight excluding hydrogens is 423 g/mol. The highest BCUT2D eigenvalue weighted by Crippen LogP contribution is 2.30. The number of aryl methyl sites for hydroxylation is 1. The number of ether oxygens (including phenoxy) is 1. The summed E-state index contributed by atoms with van der Waals surface area (Å²) in [6.45, 7) is 2.45. The molecule has 3 aromatic rings. The first kappa shape index (κ1) is 22.4. The van der Waals surface area contributed by atoms with E-state index in [0.29, 0.717) is 36.6 Å². The van der Waals surface area contributed by atoms with Gasteiger partial charge in [-0.3, -0.25) is 9.59 Å². The highest BCUT2D eigenvalue weighted by molar-refractivity contribution is 5.94. The average Bonchev–Trinajstić information content (AvgIpc) is 3.32. The van der Waals surface area contributed by atoms with Crippen molar-refractivity contribution < 1.29 is 18.7 Å². The number of likely N-dealkylation sites (tertiary alicyclic amines) is 1. The van der Waals surface area contributed by atoms with Crippen molar-refractivity contribution in [2.75, 3.05) is 13.2 Å². The van der Waals surface area contributed by atoms with Crippen molar-refractivity contribution in [3.05, 3.63) is 89.3 Å². The van der Waals surface area contributed by atoms with Gasteiger partial charge in [0.2, 0.25) is 0 Å². The van der Waals surface area contributed by atoms with Gasteiger partial charge in [-0.25, -0.2) is 14.4 Å². The predicted molar refractivity (Wildman–Crippen MR) is 120 cm³/mol. The third-order valence-corrected chi connectivity index (χ3v) is 5.60. The Morgan fingerprint density at radius 3 is 2.67 bits per heavy atom. The van der Waals surface area contributed by atoms with Crippen molar-refractivity contribution in [3.8, 4) is 5.75 Å². The largest absolute Gasteiger partial charge is 0.481 e. The number of hydrogen-bond acceptors (Lipinski definition) is 5. The van der Waals surface area contributed by atoms with E-state index in [1.807, 2.05) is 30.3 Å². The van der Waals surface area contributed by atoms with Crippen LogP contribution in [0.4, 0.5) is 4.39 Å². The van der Waals surface area contributed by atoms with E-state index in [1.165, 1.54) is 18.3 Å². The van der Waals surface area contributed by atoms with Crippen molar-refractivity contribution in [3.63, 3.8) is 0 Å². The zero-order valence-electron chi connectivity index (χ0n) is 18.3. The lowest BCUT2D eigenvalue weighted by Crippen LogP contribution is -2.35. The van der Waals surface area contributed by atoms with Gasteiger partial charge in [-0.05, 0) is 37.5 Å². The van der Waals surface area contributed by atoms with E-state index in [1.54, 1.807) is 24.0 Å². The summed E-state index contributed by atoms with van der Waals surface area (Å²) in [5, 5.41) is 2.88. The summed E-state index contributed by atoms with van der Waals surface area (Å²) >= 11 is 0. The second-order valence-corrected chi connectivity index (χ2v) is 7.86. The summed E-state index contributed by atoms with van der Waals surface area (Å²) < 4.78 is 19.1. The van der Waals surface area contributed by atoms with Crippen molar-refractivity contribution in [2.45, 2.75) is 32.4 Å². The molecule has 2 aromatic carbocycles. The van der Waals surface area contributed by atoms with E-state index in [4.69, 9.17) is 4.74 Å². The SMILES string of the molecule is Cc1nc([C@@H]2CCCN2C(=O)COc2ccccc2F)ncc1C(=O)NCc1ccccc1. The fourth-order valence-electron chi connectivity index (χ4n) is 3.86. The minimum atomic E-state index is -0.511. The monoisotopic (exact) mass is 448 g/mol. The Morgan fingerprint density at radius 2 is 1.91 bits per heavy atom. The smallest absolute Gasteiger partial charge is 0.261 e. The Morgan fingerprint density at radius 1 is 1.15 bits per heavy atom. The lowest BCUT2D eigenvalue weighted by atomic mass is 10.1. The molecule has 1 atom stereocenters. The van der Waals surface area contributed by atoms with Gasteiger partial charge in [0.25, 0.3) is 11.8 Å². The fraction of sp³-hybridized carbons (Fsp3) is 0.280. The Balaban J connectivity index is 1.40. The number of benzene rings is 2. The van der Waals surface area contributed by atoms with Crippen molar-refractivity contribution in [1.82, 2.24) is 20.2 Å². The average molecular weight is 448 g/mol. The van der Waals surface area contributed by atoms with Gasteiger partial charge in [0.1, 0.15) is 0 Å². The molecule has 1 N–H and O–H groups in total. The highest BCUT2D eigenvalue weighted by atomic mass is 19.1. The van der Waals surface area contributed by atoms with Crippen LogP contribution in [0.1, 0.15) is 46.3 Å². The maximum absolute atomic E-state index is 13.8. The summed E-state index contributed by atoms with van der Waals surface area (Å²) in [6.07, 6.45) is 3.02. The van der Waals surface area contributed by atoms with Crippen LogP contribution in [0.3, 0.4) is 0 Å². The van der Waals surface area contributed by atoms with Gasteiger partial charge in [-0.2, -0.15) is 0 Å². The number of carbonyl (C=O) groups excluding carboxylic acids is 2. The van der Waals surface area contributed by atoms with E-state index >= 15 is 0 Å². The Labute approximate surface area is 191 Å². The summed E-state index contributed by atoms with van der Waals surface area (Å²) in [4.78, 5) is 35.9. The first-order chi connectivity index (χ1) is 16.0. The maximum Gasteiger partial charge on any atom is 0.261 e. The molecule has 0 spiro atoms. The van der Waals surface area contributed by atoms with Gasteiger partial charge in [0, 0.05) is 19.3 Å². The minimum absolute atomic E-state index is 0.0413. The fourth-order valence-corrected chi connectivity index (χ4v) is 3.86. The minimum Gasteiger partial charge on any atom is -0.481 e. The van der Waals surface area contributed by atoms with E-state index in [-0.39, 0.29) is 30.2 Å². The zero-order valence-corrected chi connectivity index (χ0v) is 18.3. The number of hydrogen-bond donors (Lipinski definition) is 1. The number of para-hydroxylation sites is 1. The van der Waals surface area contributed by atoms with Crippen LogP contribution in [0.2, 0.25) is 0 Å². The van der Waals surface area contributed by atoms with Crippen LogP contribution in [-0.4, -0.2) is 39.8 Å². The molecule has 33 heavy (non-hydrogen) atoms. The Hall–Kier alpha value is -3.81. The second-order valence-electron chi connectivity index (χ2n) is 7.86. The summed E-state index contributed by atoms with van der Waals surface area (Å²) in [5.41, 5.74) is 1.94. The molecule has 1 saturated heterocycles. The first-order valence-corrected chi connectivity index (χ1v) is 10.9. The van der Waals surface area contributed by atoms with Crippen molar-refractivity contribution >= 4 is 11.8 Å². The van der Waals surface area contributed by atoms with E-state index in [9.17, 15) is 14.0 Å². The van der Waals surface area contributed by atoms with Gasteiger partial charge in [-0.15, -0.1) is 0 Å². The molecule has 0 aliphatic carbocycles. The topological polar surface area (TPSA) is 84.4 Å². The van der Waals surface area contributed by atoms with E-state index in [2.05, 4.69) is 15.3 Å². The van der Waals surface area contributed by atoms with Crippen LogP contribution >= 0.6 is 0 Å². The third kappa shape index (κ3) is 5.34.